The van der Waals surface area contributed by atoms with E-state index < -0.39 is 0 Å². The molecule has 3 aromatic rings. The van der Waals surface area contributed by atoms with Crippen molar-refractivity contribution < 1.29 is 24.0 Å². The summed E-state index contributed by atoms with van der Waals surface area (Å²) in [7, 11) is 0. The van der Waals surface area contributed by atoms with Crippen LogP contribution in [0.4, 0.5) is 0 Å². The largest absolute Gasteiger partial charge is 0.483 e. The van der Waals surface area contributed by atoms with Gasteiger partial charge in [0.2, 0.25) is 5.91 Å². The second-order valence-corrected chi connectivity index (χ2v) is 7.53. The minimum Gasteiger partial charge on any atom is -0.483 e. The highest BCUT2D eigenvalue weighted by atomic mass is 16.5. The number of amides is 2. The third-order valence-electron chi connectivity index (χ3n) is 5.46. The van der Waals surface area contributed by atoms with Crippen molar-refractivity contribution in [1.29, 1.82) is 0 Å². The van der Waals surface area contributed by atoms with Gasteiger partial charge in [0.1, 0.15) is 5.76 Å². The summed E-state index contributed by atoms with van der Waals surface area (Å²) in [5, 5.41) is 24.9. The average Bonchev–Trinajstić information content (AvgIpc) is 3.53. The molecule has 0 radical (unpaired) electrons. The van der Waals surface area contributed by atoms with Gasteiger partial charge in [-0.2, -0.15) is 10.2 Å². The predicted octanol–water partition coefficient (Wildman–Crippen LogP) is 0.859. The number of aromatic nitrogens is 5. The summed E-state index contributed by atoms with van der Waals surface area (Å²) in [6, 6.07) is 1.84. The number of nitrogens with one attached hydrogen (secondary N) is 2. The van der Waals surface area contributed by atoms with Gasteiger partial charge in [0.25, 0.3) is 12.4 Å². The Bertz CT molecular complexity index is 1070. The van der Waals surface area contributed by atoms with E-state index in [9.17, 15) is 9.59 Å². The van der Waals surface area contributed by atoms with Gasteiger partial charge in [-0.25, -0.2) is 0 Å². The van der Waals surface area contributed by atoms with Crippen molar-refractivity contribution in [3.63, 3.8) is 0 Å². The van der Waals surface area contributed by atoms with Gasteiger partial charge in [-0.3, -0.25) is 24.2 Å². The van der Waals surface area contributed by atoms with Gasteiger partial charge in [0.05, 0.1) is 24.5 Å². The monoisotopic (exact) mass is 457 g/mol. The molecule has 12 nitrogen and oxygen atoms in total. The van der Waals surface area contributed by atoms with E-state index in [-0.39, 0.29) is 18.3 Å². The van der Waals surface area contributed by atoms with Gasteiger partial charge < -0.3 is 19.8 Å². The molecule has 0 bridgehead atoms. The maximum atomic E-state index is 12.7. The van der Waals surface area contributed by atoms with Crippen molar-refractivity contribution in [3.8, 4) is 0 Å². The Morgan fingerprint density at radius 1 is 1.36 bits per heavy atom. The van der Waals surface area contributed by atoms with Crippen molar-refractivity contribution in [3.05, 3.63) is 52.4 Å². The average molecular weight is 457 g/mol. The van der Waals surface area contributed by atoms with E-state index in [1.54, 1.807) is 15.8 Å². The Hall–Kier alpha value is -3.96. The fraction of sp³-hybridized carbons (Fsp3) is 0.429. The third kappa shape index (κ3) is 5.84. The fourth-order valence-electron chi connectivity index (χ4n) is 3.77. The van der Waals surface area contributed by atoms with Crippen molar-refractivity contribution >= 4 is 18.3 Å². The van der Waals surface area contributed by atoms with E-state index in [1.165, 1.54) is 0 Å². The van der Waals surface area contributed by atoms with Crippen molar-refractivity contribution in [1.82, 2.24) is 35.4 Å². The Morgan fingerprint density at radius 3 is 2.82 bits per heavy atom. The fourth-order valence-corrected chi connectivity index (χ4v) is 3.77. The Balaban J connectivity index is 0.000000968. The van der Waals surface area contributed by atoms with Crippen LogP contribution in [0, 0.1) is 13.8 Å². The summed E-state index contributed by atoms with van der Waals surface area (Å²) in [6.45, 7) is 5.56. The number of carboxylic acid groups (broad SMARTS) is 1. The first kappa shape index (κ1) is 23.7. The highest BCUT2D eigenvalue weighted by Gasteiger charge is 2.27. The van der Waals surface area contributed by atoms with Crippen molar-refractivity contribution in [2.45, 2.75) is 46.2 Å². The normalized spacial score (nSPS) is 12.5. The van der Waals surface area contributed by atoms with Crippen LogP contribution in [0.1, 0.15) is 45.2 Å². The molecular formula is C21H27N7O5. The minimum absolute atomic E-state index is 0.0699. The third-order valence-corrected chi connectivity index (χ3v) is 5.46. The molecule has 1 aliphatic rings. The van der Waals surface area contributed by atoms with Crippen LogP contribution in [-0.2, 0) is 35.5 Å². The standard InChI is InChI=1S/C20H25N7O3.CH2O2/c1-13-15(14(2)30-25-13)4-5-18(28)26-10-6-16-17(12-26)23-24-19(16)20(29)21-8-11-27-9-3-7-22-27;2-1-3/h3,7,9H,4-6,8,10-12H2,1-2H3,(H,21,29)(H,23,24);1H,(H,2,3). The lowest BCUT2D eigenvalue weighted by Crippen LogP contribution is -2.37. The lowest BCUT2D eigenvalue weighted by atomic mass is 10.0. The molecule has 176 valence electrons. The van der Waals surface area contributed by atoms with Gasteiger partial charge in [-0.05, 0) is 32.8 Å². The molecule has 0 saturated heterocycles. The highest BCUT2D eigenvalue weighted by molar-refractivity contribution is 5.94. The number of hydrogen-bond acceptors (Lipinski definition) is 7. The molecule has 1 aliphatic heterocycles. The van der Waals surface area contributed by atoms with E-state index in [2.05, 4.69) is 25.8 Å². The zero-order valence-corrected chi connectivity index (χ0v) is 18.6. The van der Waals surface area contributed by atoms with Crippen LogP contribution < -0.4 is 5.32 Å². The maximum Gasteiger partial charge on any atom is 0.290 e. The first-order chi connectivity index (χ1) is 15.9. The van der Waals surface area contributed by atoms with Crippen molar-refractivity contribution in [2.75, 3.05) is 13.1 Å². The van der Waals surface area contributed by atoms with Crippen molar-refractivity contribution in [2.24, 2.45) is 0 Å². The quantitative estimate of drug-likeness (QED) is 0.441. The first-order valence-corrected chi connectivity index (χ1v) is 10.5. The van der Waals surface area contributed by atoms with Gasteiger partial charge in [0.15, 0.2) is 5.69 Å². The minimum atomic E-state index is -0.250. The number of nitrogens with zero attached hydrogens (tertiary/aromatic N) is 5. The molecule has 33 heavy (non-hydrogen) atoms. The Morgan fingerprint density at radius 2 is 2.15 bits per heavy atom. The van der Waals surface area contributed by atoms with Crippen LogP contribution in [0.3, 0.4) is 0 Å². The Kier molecular flexibility index (Phi) is 7.95. The number of H-pyrrole nitrogens is 1. The van der Waals surface area contributed by atoms with E-state index >= 15 is 0 Å². The number of aryl methyl sites for hydroxylation is 2. The molecule has 0 spiro atoms. The van der Waals surface area contributed by atoms with E-state index in [4.69, 9.17) is 14.4 Å². The van der Waals surface area contributed by atoms with Crippen LogP contribution in [0.2, 0.25) is 0 Å². The number of fused-ring (bicyclic) bond motifs is 1. The van der Waals surface area contributed by atoms with Crippen LogP contribution in [-0.4, -0.2) is 66.5 Å². The molecule has 4 rings (SSSR count). The van der Waals surface area contributed by atoms with Crippen LogP contribution >= 0.6 is 0 Å². The second kappa shape index (κ2) is 11.1. The summed E-state index contributed by atoms with van der Waals surface area (Å²) < 4.78 is 6.92. The smallest absolute Gasteiger partial charge is 0.290 e. The number of aromatic amines is 1. The molecule has 0 saturated carbocycles. The summed E-state index contributed by atoms with van der Waals surface area (Å²) in [5.41, 5.74) is 3.95. The van der Waals surface area contributed by atoms with Crippen LogP contribution in [0.5, 0.6) is 0 Å². The van der Waals surface area contributed by atoms with Gasteiger partial charge in [-0.15, -0.1) is 0 Å². The molecule has 0 atom stereocenters. The second-order valence-electron chi connectivity index (χ2n) is 7.53. The topological polar surface area (TPSA) is 159 Å². The molecule has 0 aliphatic carbocycles. The first-order valence-electron chi connectivity index (χ1n) is 10.5. The molecule has 12 heteroatoms. The summed E-state index contributed by atoms with van der Waals surface area (Å²) in [4.78, 5) is 35.3. The Labute approximate surface area is 189 Å². The number of carbonyl (C=O) groups excluding carboxylic acids is 2. The van der Waals surface area contributed by atoms with Gasteiger partial charge in [0, 0.05) is 43.0 Å². The molecule has 0 fully saturated rings. The lowest BCUT2D eigenvalue weighted by Gasteiger charge is -2.27. The van der Waals surface area contributed by atoms with Crippen LogP contribution in [0.25, 0.3) is 0 Å². The number of hydrogen-bond donors (Lipinski definition) is 3. The van der Waals surface area contributed by atoms with E-state index in [0.29, 0.717) is 51.1 Å². The van der Waals surface area contributed by atoms with Gasteiger partial charge >= 0.3 is 0 Å². The number of rotatable bonds is 7. The zero-order valence-electron chi connectivity index (χ0n) is 18.6. The SMILES string of the molecule is Cc1noc(C)c1CCC(=O)N1CCc2c(C(=O)NCCn3cccn3)n[nH]c2C1.O=CO. The molecule has 3 N–H and O–H groups in total. The molecule has 3 aromatic heterocycles. The maximum absolute atomic E-state index is 12.7. The summed E-state index contributed by atoms with van der Waals surface area (Å²) in [6.07, 6.45) is 5.15. The highest BCUT2D eigenvalue weighted by Crippen LogP contribution is 2.22. The molecule has 0 unspecified atom stereocenters. The van der Waals surface area contributed by atoms with Crippen LogP contribution in [0.15, 0.2) is 23.0 Å². The summed E-state index contributed by atoms with van der Waals surface area (Å²) >= 11 is 0. The van der Waals surface area contributed by atoms with Gasteiger partial charge in [-0.1, -0.05) is 5.16 Å². The lowest BCUT2D eigenvalue weighted by molar-refractivity contribution is -0.132. The number of carbonyl (C=O) groups is 3. The predicted molar refractivity (Wildman–Crippen MR) is 115 cm³/mol. The summed E-state index contributed by atoms with van der Waals surface area (Å²) in [5.74, 6) is 0.622. The molecule has 0 aromatic carbocycles. The molecular weight excluding hydrogens is 430 g/mol. The zero-order chi connectivity index (χ0) is 23.8. The molecule has 4 heterocycles. The molecule has 2 amide bonds. The van der Waals surface area contributed by atoms with E-state index in [0.717, 1.165) is 28.3 Å². The van der Waals surface area contributed by atoms with E-state index in [1.807, 2.05) is 26.1 Å².